The SMILES string of the molecule is CCC1NC[C@@H](O)[C@@H](O)[C@H](O)[C@@H](O)COC1=O. The molecule has 7 heteroatoms. The van der Waals surface area contributed by atoms with Crippen molar-refractivity contribution in [1.29, 1.82) is 0 Å². The minimum Gasteiger partial charge on any atom is -0.462 e. The molecule has 0 aromatic carbocycles. The molecule has 7 nitrogen and oxygen atoms in total. The Hall–Kier alpha value is -0.730. The Morgan fingerprint density at radius 3 is 2.41 bits per heavy atom. The predicted octanol–water partition coefficient (Wildman–Crippen LogP) is -2.64. The second-order valence-electron chi connectivity index (χ2n) is 4.12. The lowest BCUT2D eigenvalue weighted by Gasteiger charge is -2.29. The predicted molar refractivity (Wildman–Crippen MR) is 57.1 cm³/mol. The number of nitrogens with one attached hydrogen (secondary N) is 1. The van der Waals surface area contributed by atoms with Crippen molar-refractivity contribution in [2.45, 2.75) is 43.8 Å². The van der Waals surface area contributed by atoms with Crippen LogP contribution in [0.4, 0.5) is 0 Å². The van der Waals surface area contributed by atoms with E-state index in [0.29, 0.717) is 6.42 Å². The Kier molecular flexibility index (Phi) is 5.29. The summed E-state index contributed by atoms with van der Waals surface area (Å²) >= 11 is 0. The lowest BCUT2D eigenvalue weighted by atomic mass is 10.0. The summed E-state index contributed by atoms with van der Waals surface area (Å²) < 4.78 is 4.78. The molecule has 1 aliphatic rings. The van der Waals surface area contributed by atoms with E-state index in [0.717, 1.165) is 0 Å². The number of ether oxygens (including phenoxy) is 1. The van der Waals surface area contributed by atoms with E-state index < -0.39 is 43.0 Å². The zero-order chi connectivity index (χ0) is 13.0. The molecule has 17 heavy (non-hydrogen) atoms. The summed E-state index contributed by atoms with van der Waals surface area (Å²) in [6.45, 7) is 1.28. The summed E-state index contributed by atoms with van der Waals surface area (Å²) in [5, 5.41) is 40.7. The number of cyclic esters (lactones) is 1. The summed E-state index contributed by atoms with van der Waals surface area (Å²) in [4.78, 5) is 11.5. The normalized spacial score (nSPS) is 40.8. The van der Waals surface area contributed by atoms with E-state index in [4.69, 9.17) is 4.74 Å². The fourth-order valence-electron chi connectivity index (χ4n) is 1.60. The van der Waals surface area contributed by atoms with Crippen LogP contribution in [0.1, 0.15) is 13.3 Å². The zero-order valence-electron chi connectivity index (χ0n) is 9.61. The van der Waals surface area contributed by atoms with E-state index in [1.165, 1.54) is 0 Å². The number of esters is 1. The maximum Gasteiger partial charge on any atom is 0.323 e. The Morgan fingerprint density at radius 1 is 1.24 bits per heavy atom. The second-order valence-corrected chi connectivity index (χ2v) is 4.12. The van der Waals surface area contributed by atoms with Crippen molar-refractivity contribution in [3.63, 3.8) is 0 Å². The molecular formula is C10H19NO6. The van der Waals surface area contributed by atoms with E-state index in [2.05, 4.69) is 5.32 Å². The third-order valence-corrected chi connectivity index (χ3v) is 2.80. The second kappa shape index (κ2) is 6.27. The molecule has 5 atom stereocenters. The van der Waals surface area contributed by atoms with E-state index >= 15 is 0 Å². The summed E-state index contributed by atoms with van der Waals surface area (Å²) in [6.07, 6.45) is -5.27. The molecule has 0 aromatic heterocycles. The first-order chi connectivity index (χ1) is 7.97. The Morgan fingerprint density at radius 2 is 1.82 bits per heavy atom. The average Bonchev–Trinajstić information content (AvgIpc) is 2.33. The van der Waals surface area contributed by atoms with Crippen molar-refractivity contribution in [3.05, 3.63) is 0 Å². The standard InChI is InChI=1S/C10H19NO6/c1-2-5-10(16)17-4-7(13)9(15)8(14)6(12)3-11-5/h5-9,11-15H,2-4H2,1H3/t5?,6-,7+,8-,9-/m1/s1. The minimum absolute atomic E-state index is 0.0709. The van der Waals surface area contributed by atoms with Gasteiger partial charge in [-0.1, -0.05) is 6.92 Å². The fourth-order valence-corrected chi connectivity index (χ4v) is 1.60. The molecular weight excluding hydrogens is 230 g/mol. The van der Waals surface area contributed by atoms with Crippen molar-refractivity contribution in [2.75, 3.05) is 13.2 Å². The molecule has 1 saturated heterocycles. The van der Waals surface area contributed by atoms with E-state index in [9.17, 15) is 25.2 Å². The molecule has 1 fully saturated rings. The first-order valence-electron chi connectivity index (χ1n) is 5.59. The van der Waals surface area contributed by atoms with Gasteiger partial charge in [0, 0.05) is 6.54 Å². The summed E-state index contributed by atoms with van der Waals surface area (Å²) in [5.41, 5.74) is 0. The molecule has 0 spiro atoms. The molecule has 0 amide bonds. The Bertz CT molecular complexity index is 261. The van der Waals surface area contributed by atoms with Crippen molar-refractivity contribution < 1.29 is 30.0 Å². The van der Waals surface area contributed by atoms with Gasteiger partial charge in [0.25, 0.3) is 0 Å². The minimum atomic E-state index is -1.56. The summed E-state index contributed by atoms with van der Waals surface area (Å²) in [6, 6.07) is -0.598. The van der Waals surface area contributed by atoms with Gasteiger partial charge in [0.2, 0.25) is 0 Å². The van der Waals surface area contributed by atoms with Crippen LogP contribution in [-0.4, -0.2) is 70.0 Å². The summed E-state index contributed by atoms with van der Waals surface area (Å²) in [7, 11) is 0. The van der Waals surface area contributed by atoms with Crippen LogP contribution in [0.25, 0.3) is 0 Å². The fraction of sp³-hybridized carbons (Fsp3) is 0.900. The van der Waals surface area contributed by atoms with Gasteiger partial charge in [0.05, 0.1) is 6.10 Å². The lowest BCUT2D eigenvalue weighted by molar-refractivity contribution is -0.160. The van der Waals surface area contributed by atoms with Crippen molar-refractivity contribution in [2.24, 2.45) is 0 Å². The van der Waals surface area contributed by atoms with Gasteiger partial charge in [-0.15, -0.1) is 0 Å². The molecule has 1 heterocycles. The monoisotopic (exact) mass is 249 g/mol. The number of carbonyl (C=O) groups is 1. The number of aliphatic hydroxyl groups is 4. The number of rotatable bonds is 1. The van der Waals surface area contributed by atoms with Crippen LogP contribution in [0.3, 0.4) is 0 Å². The first-order valence-corrected chi connectivity index (χ1v) is 5.59. The molecule has 1 unspecified atom stereocenters. The molecule has 1 rings (SSSR count). The molecule has 0 bridgehead atoms. The Labute approximate surface area is 99.0 Å². The zero-order valence-corrected chi connectivity index (χ0v) is 9.61. The number of β-amino-alcohol motifs (C(OH)–C–C–N with tert-alkyl or cyclic N) is 1. The number of aliphatic hydroxyl groups excluding tert-OH is 4. The van der Waals surface area contributed by atoms with E-state index in [1.54, 1.807) is 6.92 Å². The van der Waals surface area contributed by atoms with Crippen molar-refractivity contribution in [1.82, 2.24) is 5.32 Å². The van der Waals surface area contributed by atoms with Crippen LogP contribution in [-0.2, 0) is 9.53 Å². The smallest absolute Gasteiger partial charge is 0.323 e. The molecule has 0 aliphatic carbocycles. The van der Waals surface area contributed by atoms with Crippen molar-refractivity contribution in [3.8, 4) is 0 Å². The number of hydrogen-bond acceptors (Lipinski definition) is 7. The highest BCUT2D eigenvalue weighted by atomic mass is 16.5. The van der Waals surface area contributed by atoms with Gasteiger partial charge in [-0.25, -0.2) is 0 Å². The number of carbonyl (C=O) groups excluding carboxylic acids is 1. The van der Waals surface area contributed by atoms with Gasteiger partial charge in [0.15, 0.2) is 0 Å². The van der Waals surface area contributed by atoms with Crippen LogP contribution in [0.5, 0.6) is 0 Å². The third kappa shape index (κ3) is 3.62. The third-order valence-electron chi connectivity index (χ3n) is 2.80. The molecule has 0 aromatic rings. The molecule has 5 N–H and O–H groups in total. The van der Waals surface area contributed by atoms with Gasteiger partial charge >= 0.3 is 5.97 Å². The highest BCUT2D eigenvalue weighted by Crippen LogP contribution is 2.08. The van der Waals surface area contributed by atoms with Crippen LogP contribution in [0, 0.1) is 0 Å². The topological polar surface area (TPSA) is 119 Å². The van der Waals surface area contributed by atoms with Crippen LogP contribution in [0.2, 0.25) is 0 Å². The van der Waals surface area contributed by atoms with Crippen LogP contribution < -0.4 is 5.32 Å². The lowest BCUT2D eigenvalue weighted by Crippen LogP contribution is -2.53. The van der Waals surface area contributed by atoms with Gasteiger partial charge in [-0.3, -0.25) is 4.79 Å². The number of hydrogen-bond donors (Lipinski definition) is 5. The Balaban J connectivity index is 2.73. The van der Waals surface area contributed by atoms with E-state index in [1.807, 2.05) is 0 Å². The van der Waals surface area contributed by atoms with E-state index in [-0.39, 0.29) is 6.54 Å². The maximum atomic E-state index is 11.5. The van der Waals surface area contributed by atoms with Gasteiger partial charge in [-0.2, -0.15) is 0 Å². The van der Waals surface area contributed by atoms with Gasteiger partial charge in [0.1, 0.15) is 31.0 Å². The quantitative estimate of drug-likeness (QED) is 0.322. The van der Waals surface area contributed by atoms with Gasteiger partial charge < -0.3 is 30.5 Å². The molecule has 100 valence electrons. The summed E-state index contributed by atoms with van der Waals surface area (Å²) in [5.74, 6) is -0.553. The molecule has 0 saturated carbocycles. The van der Waals surface area contributed by atoms with Gasteiger partial charge in [-0.05, 0) is 6.42 Å². The largest absolute Gasteiger partial charge is 0.462 e. The highest BCUT2D eigenvalue weighted by Gasteiger charge is 2.33. The van der Waals surface area contributed by atoms with Crippen molar-refractivity contribution >= 4 is 5.97 Å². The molecule has 1 aliphatic heterocycles. The average molecular weight is 249 g/mol. The van der Waals surface area contributed by atoms with Crippen LogP contribution >= 0.6 is 0 Å². The first kappa shape index (κ1) is 14.3. The molecule has 0 radical (unpaired) electrons. The van der Waals surface area contributed by atoms with Crippen LogP contribution in [0.15, 0.2) is 0 Å². The maximum absolute atomic E-state index is 11.5. The highest BCUT2D eigenvalue weighted by molar-refractivity contribution is 5.75.